The highest BCUT2D eigenvalue weighted by Gasteiger charge is 2.36. The van der Waals surface area contributed by atoms with Crippen LogP contribution in [0, 0.1) is 5.92 Å². The van der Waals surface area contributed by atoms with Crippen LogP contribution in [0.5, 0.6) is 0 Å². The van der Waals surface area contributed by atoms with E-state index in [1.54, 1.807) is 0 Å². The predicted octanol–water partition coefficient (Wildman–Crippen LogP) is 2.50. The van der Waals surface area contributed by atoms with Crippen LogP contribution in [0.3, 0.4) is 0 Å². The number of benzene rings is 1. The van der Waals surface area contributed by atoms with Crippen molar-refractivity contribution in [2.24, 2.45) is 11.7 Å². The highest BCUT2D eigenvalue weighted by atomic mass is 16.3. The second-order valence-corrected chi connectivity index (χ2v) is 4.59. The first-order valence-corrected chi connectivity index (χ1v) is 5.72. The van der Waals surface area contributed by atoms with Crippen LogP contribution >= 0.6 is 0 Å². The summed E-state index contributed by atoms with van der Waals surface area (Å²) in [7, 11) is 0. The van der Waals surface area contributed by atoms with E-state index in [9.17, 15) is 5.11 Å². The van der Waals surface area contributed by atoms with Crippen LogP contribution in [0.25, 0.3) is 0 Å². The van der Waals surface area contributed by atoms with Crippen molar-refractivity contribution in [3.05, 3.63) is 35.9 Å². The van der Waals surface area contributed by atoms with E-state index in [1.807, 2.05) is 18.2 Å². The van der Waals surface area contributed by atoms with Crippen molar-refractivity contribution < 1.29 is 5.11 Å². The SMILES string of the molecule is NC1([O])CCCCC1Cc1ccccc1. The van der Waals surface area contributed by atoms with Crippen LogP contribution in [0.15, 0.2) is 30.3 Å². The molecule has 0 aromatic heterocycles. The smallest absolute Gasteiger partial charge is 0.155 e. The lowest BCUT2D eigenvalue weighted by Crippen LogP contribution is -2.48. The fraction of sp³-hybridized carbons (Fsp3) is 0.538. The van der Waals surface area contributed by atoms with Crippen LogP contribution in [-0.4, -0.2) is 5.72 Å². The molecule has 0 aliphatic heterocycles. The van der Waals surface area contributed by atoms with Crippen molar-refractivity contribution >= 4 is 0 Å². The van der Waals surface area contributed by atoms with Crippen molar-refractivity contribution in [3.8, 4) is 0 Å². The first-order valence-electron chi connectivity index (χ1n) is 5.72. The number of hydrogen-bond acceptors (Lipinski definition) is 1. The molecule has 0 saturated heterocycles. The molecule has 1 aromatic carbocycles. The first-order chi connectivity index (χ1) is 7.18. The molecule has 2 atom stereocenters. The highest BCUT2D eigenvalue weighted by Crippen LogP contribution is 2.32. The summed E-state index contributed by atoms with van der Waals surface area (Å²) in [6.07, 6.45) is 4.59. The van der Waals surface area contributed by atoms with Gasteiger partial charge in [-0.25, -0.2) is 5.11 Å². The van der Waals surface area contributed by atoms with Gasteiger partial charge in [-0.05, 0) is 31.2 Å². The molecule has 2 heteroatoms. The van der Waals surface area contributed by atoms with Gasteiger partial charge < -0.3 is 5.73 Å². The molecule has 2 unspecified atom stereocenters. The monoisotopic (exact) mass is 204 g/mol. The Morgan fingerprint density at radius 3 is 2.67 bits per heavy atom. The maximum Gasteiger partial charge on any atom is 0.155 e. The van der Waals surface area contributed by atoms with Crippen molar-refractivity contribution in [2.45, 2.75) is 37.8 Å². The van der Waals surface area contributed by atoms with E-state index in [-0.39, 0.29) is 5.92 Å². The zero-order chi connectivity index (χ0) is 10.7. The van der Waals surface area contributed by atoms with Gasteiger partial charge in [0.25, 0.3) is 0 Å². The quantitative estimate of drug-likeness (QED) is 0.739. The molecule has 1 radical (unpaired) electrons. The third kappa shape index (κ3) is 2.58. The Bertz CT molecular complexity index is 308. The zero-order valence-corrected chi connectivity index (χ0v) is 8.99. The molecule has 0 spiro atoms. The summed E-state index contributed by atoms with van der Waals surface area (Å²) >= 11 is 0. The molecule has 0 heterocycles. The average molecular weight is 204 g/mol. The molecule has 2 nitrogen and oxygen atoms in total. The molecule has 1 saturated carbocycles. The first kappa shape index (κ1) is 10.7. The second kappa shape index (κ2) is 4.33. The largest absolute Gasteiger partial charge is 0.301 e. The summed E-state index contributed by atoms with van der Waals surface area (Å²) in [5, 5.41) is 12.0. The molecule has 1 aliphatic rings. The molecular formula is C13H18NO. The Kier molecular flexibility index (Phi) is 3.08. The maximum atomic E-state index is 12.0. The number of hydrogen-bond donors (Lipinski definition) is 1. The van der Waals surface area contributed by atoms with Gasteiger partial charge in [-0.3, -0.25) is 0 Å². The summed E-state index contributed by atoms with van der Waals surface area (Å²) in [4.78, 5) is 0. The summed E-state index contributed by atoms with van der Waals surface area (Å²) in [5.41, 5.74) is 5.85. The van der Waals surface area contributed by atoms with Crippen LogP contribution in [-0.2, 0) is 11.5 Å². The van der Waals surface area contributed by atoms with Gasteiger partial charge in [-0.2, -0.15) is 0 Å². The molecule has 0 bridgehead atoms. The van der Waals surface area contributed by atoms with Gasteiger partial charge in [-0.1, -0.05) is 36.8 Å². The van der Waals surface area contributed by atoms with E-state index in [0.29, 0.717) is 6.42 Å². The summed E-state index contributed by atoms with van der Waals surface area (Å²) in [5.74, 6) is 0.105. The van der Waals surface area contributed by atoms with Gasteiger partial charge >= 0.3 is 0 Å². The topological polar surface area (TPSA) is 45.9 Å². The molecule has 81 valence electrons. The molecule has 2 N–H and O–H groups in total. The summed E-state index contributed by atoms with van der Waals surface area (Å²) in [6, 6.07) is 10.2. The molecule has 0 amide bonds. The standard InChI is InChI=1S/C13H18NO/c14-13(15)9-5-4-8-12(13)10-11-6-2-1-3-7-11/h1-3,6-7,12H,4-5,8-10,14H2. The molecular weight excluding hydrogens is 186 g/mol. The zero-order valence-electron chi connectivity index (χ0n) is 8.99. The van der Waals surface area contributed by atoms with Crippen LogP contribution in [0.2, 0.25) is 0 Å². The Hall–Kier alpha value is -0.860. The van der Waals surface area contributed by atoms with Crippen LogP contribution in [0.1, 0.15) is 31.2 Å². The fourth-order valence-electron chi connectivity index (χ4n) is 2.41. The molecule has 1 aliphatic carbocycles. The highest BCUT2D eigenvalue weighted by molar-refractivity contribution is 5.16. The van der Waals surface area contributed by atoms with Gasteiger partial charge in [0.1, 0.15) is 0 Å². The Morgan fingerprint density at radius 1 is 1.27 bits per heavy atom. The molecule has 1 fully saturated rings. The van der Waals surface area contributed by atoms with Crippen molar-refractivity contribution in [3.63, 3.8) is 0 Å². The fourth-order valence-corrected chi connectivity index (χ4v) is 2.41. The molecule has 1 aromatic rings. The number of rotatable bonds is 2. The third-order valence-electron chi connectivity index (χ3n) is 3.39. The van der Waals surface area contributed by atoms with E-state index in [2.05, 4.69) is 12.1 Å². The third-order valence-corrected chi connectivity index (χ3v) is 3.39. The Labute approximate surface area is 91.1 Å². The second-order valence-electron chi connectivity index (χ2n) is 4.59. The summed E-state index contributed by atoms with van der Waals surface area (Å²) in [6.45, 7) is 0. The van der Waals surface area contributed by atoms with Crippen LogP contribution < -0.4 is 5.73 Å². The maximum absolute atomic E-state index is 12.0. The van der Waals surface area contributed by atoms with E-state index < -0.39 is 5.72 Å². The van der Waals surface area contributed by atoms with Gasteiger partial charge in [0, 0.05) is 5.92 Å². The normalized spacial score (nSPS) is 31.5. The molecule has 15 heavy (non-hydrogen) atoms. The van der Waals surface area contributed by atoms with E-state index in [4.69, 9.17) is 5.73 Å². The van der Waals surface area contributed by atoms with Crippen molar-refractivity contribution in [2.75, 3.05) is 0 Å². The Balaban J connectivity index is 2.05. The van der Waals surface area contributed by atoms with Gasteiger partial charge in [0.2, 0.25) is 0 Å². The van der Waals surface area contributed by atoms with Crippen molar-refractivity contribution in [1.29, 1.82) is 0 Å². The lowest BCUT2D eigenvalue weighted by atomic mass is 9.78. The van der Waals surface area contributed by atoms with Gasteiger partial charge in [-0.15, -0.1) is 0 Å². The predicted molar refractivity (Wildman–Crippen MR) is 59.7 cm³/mol. The average Bonchev–Trinajstić information content (AvgIpc) is 2.23. The van der Waals surface area contributed by atoms with Crippen molar-refractivity contribution in [1.82, 2.24) is 0 Å². The van der Waals surface area contributed by atoms with E-state index in [0.717, 1.165) is 25.7 Å². The lowest BCUT2D eigenvalue weighted by molar-refractivity contribution is -0.0971. The molecule has 2 rings (SSSR count). The minimum Gasteiger partial charge on any atom is -0.301 e. The van der Waals surface area contributed by atoms with Gasteiger partial charge in [0.05, 0.1) is 0 Å². The van der Waals surface area contributed by atoms with Gasteiger partial charge in [0.15, 0.2) is 5.72 Å². The minimum atomic E-state index is -1.20. The van der Waals surface area contributed by atoms with E-state index >= 15 is 0 Å². The van der Waals surface area contributed by atoms with Crippen LogP contribution in [0.4, 0.5) is 0 Å². The Morgan fingerprint density at radius 2 is 2.00 bits per heavy atom. The van der Waals surface area contributed by atoms with E-state index in [1.165, 1.54) is 5.56 Å². The number of nitrogens with two attached hydrogens (primary N) is 1. The summed E-state index contributed by atoms with van der Waals surface area (Å²) < 4.78 is 0. The minimum absolute atomic E-state index is 0.105. The lowest BCUT2D eigenvalue weighted by Gasteiger charge is -2.34.